The fourth-order valence-corrected chi connectivity index (χ4v) is 3.37. The molecule has 4 rings (SSSR count). The highest BCUT2D eigenvalue weighted by Gasteiger charge is 2.41. The molecule has 7 nitrogen and oxygen atoms in total. The van der Waals surface area contributed by atoms with Gasteiger partial charge in [-0.1, -0.05) is 17.2 Å². The van der Waals surface area contributed by atoms with Crippen molar-refractivity contribution in [3.8, 4) is 0 Å². The van der Waals surface area contributed by atoms with Crippen LogP contribution in [-0.2, 0) is 35.2 Å². The molecule has 2 aromatic rings. The van der Waals surface area contributed by atoms with Crippen LogP contribution in [0.2, 0.25) is 0 Å². The van der Waals surface area contributed by atoms with Gasteiger partial charge < -0.3 is 4.84 Å². The third-order valence-corrected chi connectivity index (χ3v) is 4.50. The summed E-state index contributed by atoms with van der Waals surface area (Å²) in [5.74, 6) is -2.66. The van der Waals surface area contributed by atoms with Gasteiger partial charge in [0.25, 0.3) is 11.8 Å². The molecule has 2 aliphatic rings. The molecule has 1 aromatic heterocycles. The van der Waals surface area contributed by atoms with Gasteiger partial charge in [0, 0.05) is 11.3 Å². The lowest BCUT2D eigenvalue weighted by Crippen LogP contribution is -2.34. The molecule has 0 saturated heterocycles. The smallest absolute Gasteiger partial charge is 0.328 e. The Balaban J connectivity index is 1.53. The number of nitrogens with zero attached hydrogens (tertiary/aromatic N) is 3. The van der Waals surface area contributed by atoms with E-state index in [0.29, 0.717) is 23.6 Å². The first kappa shape index (κ1) is 17.3. The molecule has 10 heteroatoms. The molecule has 1 aromatic carbocycles. The summed E-state index contributed by atoms with van der Waals surface area (Å²) in [6, 6.07) is 5.95. The molecule has 1 aliphatic carbocycles. The van der Waals surface area contributed by atoms with E-state index in [1.807, 2.05) is 0 Å². The number of rotatable bonds is 3. The fraction of sp³-hybridized carbons (Fsp3) is 0.294. The predicted octanol–water partition coefficient (Wildman–Crippen LogP) is 2.15. The fourth-order valence-electron chi connectivity index (χ4n) is 3.37. The van der Waals surface area contributed by atoms with E-state index in [2.05, 4.69) is 5.10 Å². The molecule has 0 N–H and O–H groups in total. The van der Waals surface area contributed by atoms with Gasteiger partial charge in [-0.05, 0) is 31.4 Å². The van der Waals surface area contributed by atoms with Gasteiger partial charge in [-0.2, -0.15) is 18.3 Å². The zero-order chi connectivity index (χ0) is 19.3. The van der Waals surface area contributed by atoms with Crippen LogP contribution in [-0.4, -0.2) is 32.6 Å². The number of benzene rings is 1. The SMILES string of the molecule is O=C(Cn1nc(C(F)(F)F)c2c1CCC2)ON1C(=O)c2ccccc2C1=O. The summed E-state index contributed by atoms with van der Waals surface area (Å²) in [6.07, 6.45) is -3.49. The van der Waals surface area contributed by atoms with Crippen LogP contribution in [0.25, 0.3) is 0 Å². The van der Waals surface area contributed by atoms with Gasteiger partial charge in [-0.3, -0.25) is 14.3 Å². The van der Waals surface area contributed by atoms with Crippen molar-refractivity contribution in [2.75, 3.05) is 0 Å². The molecule has 140 valence electrons. The van der Waals surface area contributed by atoms with Crippen LogP contribution in [0, 0.1) is 0 Å². The van der Waals surface area contributed by atoms with E-state index in [1.165, 1.54) is 12.1 Å². The average Bonchev–Trinajstić information content (AvgIpc) is 3.26. The van der Waals surface area contributed by atoms with E-state index in [1.54, 1.807) is 12.1 Å². The molecule has 2 heterocycles. The number of hydrogen-bond acceptors (Lipinski definition) is 5. The van der Waals surface area contributed by atoms with Crippen LogP contribution >= 0.6 is 0 Å². The Morgan fingerprint density at radius 1 is 1.11 bits per heavy atom. The van der Waals surface area contributed by atoms with Gasteiger partial charge in [0.05, 0.1) is 11.1 Å². The van der Waals surface area contributed by atoms with Crippen LogP contribution in [0.15, 0.2) is 24.3 Å². The van der Waals surface area contributed by atoms with E-state index in [9.17, 15) is 27.6 Å². The standard InChI is InChI=1S/C17H12F3N3O4/c18-17(19,20)14-11-6-3-7-12(11)22(21-14)8-13(24)27-23-15(25)9-4-1-2-5-10(9)16(23)26/h1-2,4-5H,3,6-8H2. The maximum atomic E-state index is 13.1. The molecule has 0 unspecified atom stereocenters. The molecular formula is C17H12F3N3O4. The van der Waals surface area contributed by atoms with E-state index < -0.39 is 36.2 Å². The minimum atomic E-state index is -4.62. The Hall–Kier alpha value is -3.17. The lowest BCUT2D eigenvalue weighted by molar-refractivity contribution is -0.169. The van der Waals surface area contributed by atoms with Crippen LogP contribution in [0.3, 0.4) is 0 Å². The van der Waals surface area contributed by atoms with E-state index >= 15 is 0 Å². The second-order valence-corrected chi connectivity index (χ2v) is 6.20. The van der Waals surface area contributed by atoms with Crippen LogP contribution < -0.4 is 0 Å². The second-order valence-electron chi connectivity index (χ2n) is 6.20. The Morgan fingerprint density at radius 3 is 2.33 bits per heavy atom. The third kappa shape index (κ3) is 2.77. The lowest BCUT2D eigenvalue weighted by atomic mass is 10.1. The number of imide groups is 1. The summed E-state index contributed by atoms with van der Waals surface area (Å²) in [4.78, 5) is 41.3. The van der Waals surface area contributed by atoms with Crippen molar-refractivity contribution in [3.63, 3.8) is 0 Å². The van der Waals surface area contributed by atoms with Gasteiger partial charge >= 0.3 is 12.1 Å². The number of hydroxylamine groups is 2. The Bertz CT molecular complexity index is 945. The molecule has 0 saturated carbocycles. The van der Waals surface area contributed by atoms with Crippen molar-refractivity contribution in [2.24, 2.45) is 0 Å². The highest BCUT2D eigenvalue weighted by molar-refractivity contribution is 6.20. The number of fused-ring (bicyclic) bond motifs is 2. The van der Waals surface area contributed by atoms with Crippen molar-refractivity contribution in [3.05, 3.63) is 52.3 Å². The van der Waals surface area contributed by atoms with Gasteiger partial charge in [0.2, 0.25) is 0 Å². The predicted molar refractivity (Wildman–Crippen MR) is 82.3 cm³/mol. The van der Waals surface area contributed by atoms with Crippen molar-refractivity contribution in [1.29, 1.82) is 0 Å². The van der Waals surface area contributed by atoms with Gasteiger partial charge in [0.15, 0.2) is 5.69 Å². The molecule has 0 atom stereocenters. The molecular weight excluding hydrogens is 367 g/mol. The average molecular weight is 379 g/mol. The van der Waals surface area contributed by atoms with Crippen LogP contribution in [0.5, 0.6) is 0 Å². The largest absolute Gasteiger partial charge is 0.435 e. The number of carbonyl (C=O) groups is 3. The summed E-state index contributed by atoms with van der Waals surface area (Å²) < 4.78 is 40.2. The van der Waals surface area contributed by atoms with Crippen molar-refractivity contribution in [1.82, 2.24) is 14.8 Å². The lowest BCUT2D eigenvalue weighted by Gasteiger charge is -2.13. The molecule has 0 bridgehead atoms. The first-order valence-corrected chi connectivity index (χ1v) is 8.11. The molecule has 1 aliphatic heterocycles. The van der Waals surface area contributed by atoms with Gasteiger partial charge in [-0.25, -0.2) is 4.79 Å². The Morgan fingerprint density at radius 2 is 1.74 bits per heavy atom. The summed E-state index contributed by atoms with van der Waals surface area (Å²) in [6.45, 7) is -0.633. The van der Waals surface area contributed by atoms with Crippen molar-refractivity contribution in [2.45, 2.75) is 32.0 Å². The minimum Gasteiger partial charge on any atom is -0.328 e. The first-order chi connectivity index (χ1) is 12.8. The second kappa shape index (κ2) is 5.93. The zero-order valence-corrected chi connectivity index (χ0v) is 13.7. The number of amides is 2. The van der Waals surface area contributed by atoms with E-state index in [0.717, 1.165) is 4.68 Å². The first-order valence-electron chi connectivity index (χ1n) is 8.11. The summed E-state index contributed by atoms with van der Waals surface area (Å²) in [7, 11) is 0. The van der Waals surface area contributed by atoms with Gasteiger partial charge in [-0.15, -0.1) is 0 Å². The van der Waals surface area contributed by atoms with Crippen molar-refractivity contribution >= 4 is 17.8 Å². The molecule has 2 amide bonds. The molecule has 0 radical (unpaired) electrons. The third-order valence-electron chi connectivity index (χ3n) is 4.50. The normalized spacial score (nSPS) is 15.9. The maximum absolute atomic E-state index is 13.1. The Labute approximate surface area is 150 Å². The topological polar surface area (TPSA) is 81.5 Å². The van der Waals surface area contributed by atoms with E-state index in [-0.39, 0.29) is 23.1 Å². The molecule has 0 spiro atoms. The highest BCUT2D eigenvalue weighted by atomic mass is 19.4. The minimum absolute atomic E-state index is 0.0797. The van der Waals surface area contributed by atoms with E-state index in [4.69, 9.17) is 4.84 Å². The molecule has 27 heavy (non-hydrogen) atoms. The summed E-state index contributed by atoms with van der Waals surface area (Å²) in [5.41, 5.74) is -0.425. The van der Waals surface area contributed by atoms with Crippen molar-refractivity contribution < 1.29 is 32.4 Å². The molecule has 0 fully saturated rings. The number of hydrogen-bond donors (Lipinski definition) is 0. The number of aromatic nitrogens is 2. The quantitative estimate of drug-likeness (QED) is 0.764. The number of alkyl halides is 3. The zero-order valence-electron chi connectivity index (χ0n) is 13.7. The number of halogens is 3. The highest BCUT2D eigenvalue weighted by Crippen LogP contribution is 2.36. The van der Waals surface area contributed by atoms with Crippen LogP contribution in [0.4, 0.5) is 13.2 Å². The summed E-state index contributed by atoms with van der Waals surface area (Å²) >= 11 is 0. The monoisotopic (exact) mass is 379 g/mol. The van der Waals surface area contributed by atoms with Crippen LogP contribution in [0.1, 0.15) is 44.1 Å². The summed E-state index contributed by atoms with van der Waals surface area (Å²) in [5, 5.41) is 3.82. The van der Waals surface area contributed by atoms with Gasteiger partial charge in [0.1, 0.15) is 6.54 Å². The number of carbonyl (C=O) groups excluding carboxylic acids is 3. The Kier molecular flexibility index (Phi) is 3.79. The maximum Gasteiger partial charge on any atom is 0.435 e.